The van der Waals surface area contributed by atoms with Crippen molar-refractivity contribution in [1.82, 2.24) is 0 Å². The van der Waals surface area contributed by atoms with Crippen LogP contribution in [-0.2, 0) is 0 Å². The summed E-state index contributed by atoms with van der Waals surface area (Å²) in [6.07, 6.45) is 20.3. The van der Waals surface area contributed by atoms with Crippen LogP contribution < -0.4 is 0 Å². The summed E-state index contributed by atoms with van der Waals surface area (Å²) in [5.74, 6) is 2.57. The van der Waals surface area contributed by atoms with Gasteiger partial charge in [0.25, 0.3) is 0 Å². The Bertz CT molecular complexity index is 377. The zero-order chi connectivity index (χ0) is 14.2. The lowest BCUT2D eigenvalue weighted by molar-refractivity contribution is 0.218. The molecule has 2 rings (SSSR count). The molecule has 1 heteroatoms. The summed E-state index contributed by atoms with van der Waals surface area (Å²) in [4.78, 5) is 0. The number of unbranched alkanes of at least 4 members (excludes halogenated alkanes) is 3. The molecule has 110 valence electrons. The van der Waals surface area contributed by atoms with Crippen molar-refractivity contribution >= 4 is 0 Å². The molecule has 1 nitrogen and oxygen atoms in total. The molecule has 0 N–H and O–H groups in total. The molecular formula is C19H29N. The lowest BCUT2D eigenvalue weighted by atomic mass is 9.72. The Kier molecular flexibility index (Phi) is 6.37. The van der Waals surface area contributed by atoms with Crippen molar-refractivity contribution in [3.8, 4) is 6.07 Å². The fraction of sp³-hybridized carbons (Fsp3) is 0.737. The van der Waals surface area contributed by atoms with Crippen LogP contribution in [0.2, 0.25) is 0 Å². The van der Waals surface area contributed by atoms with Gasteiger partial charge >= 0.3 is 0 Å². The normalized spacial score (nSPS) is 29.8. The molecule has 0 aromatic carbocycles. The molecule has 0 aromatic heterocycles. The summed E-state index contributed by atoms with van der Waals surface area (Å²) in [5, 5.41) is 8.87. The molecule has 0 aliphatic heterocycles. The van der Waals surface area contributed by atoms with Crippen LogP contribution in [0, 0.1) is 29.1 Å². The molecule has 1 unspecified atom stereocenters. The average molecular weight is 271 g/mol. The third kappa shape index (κ3) is 4.51. The van der Waals surface area contributed by atoms with E-state index in [9.17, 15) is 0 Å². The number of allylic oxidation sites excluding steroid dienone is 4. The summed E-state index contributed by atoms with van der Waals surface area (Å²) < 4.78 is 0. The minimum absolute atomic E-state index is 0.702. The van der Waals surface area contributed by atoms with Gasteiger partial charge < -0.3 is 0 Å². The Labute approximate surface area is 124 Å². The van der Waals surface area contributed by atoms with E-state index >= 15 is 0 Å². The maximum Gasteiger partial charge on any atom is 0.0988 e. The van der Waals surface area contributed by atoms with Crippen molar-refractivity contribution < 1.29 is 0 Å². The highest BCUT2D eigenvalue weighted by Gasteiger charge is 2.26. The van der Waals surface area contributed by atoms with Crippen LogP contribution in [0.1, 0.15) is 71.1 Å². The van der Waals surface area contributed by atoms with Gasteiger partial charge in [-0.3, -0.25) is 0 Å². The zero-order valence-electron chi connectivity index (χ0n) is 13.0. The lowest BCUT2D eigenvalue weighted by Gasteiger charge is -2.33. The van der Waals surface area contributed by atoms with Crippen LogP contribution in [0.3, 0.4) is 0 Å². The van der Waals surface area contributed by atoms with Crippen molar-refractivity contribution in [2.45, 2.75) is 71.1 Å². The van der Waals surface area contributed by atoms with Gasteiger partial charge in [0.1, 0.15) is 0 Å². The number of nitrogens with zero attached hydrogens (tertiary/aromatic N) is 1. The van der Waals surface area contributed by atoms with Gasteiger partial charge in [0, 0.05) is 5.57 Å². The van der Waals surface area contributed by atoms with E-state index in [0.717, 1.165) is 23.8 Å². The number of hydrogen-bond donors (Lipinski definition) is 0. The molecule has 0 spiro atoms. The molecule has 0 radical (unpaired) electrons. The Morgan fingerprint density at radius 3 is 2.55 bits per heavy atom. The van der Waals surface area contributed by atoms with Crippen LogP contribution in [-0.4, -0.2) is 0 Å². The Hall–Kier alpha value is -1.03. The Morgan fingerprint density at radius 2 is 1.95 bits per heavy atom. The quantitative estimate of drug-likeness (QED) is 0.561. The molecular weight excluding hydrogens is 242 g/mol. The van der Waals surface area contributed by atoms with E-state index in [0.29, 0.717) is 5.92 Å². The summed E-state index contributed by atoms with van der Waals surface area (Å²) in [7, 11) is 0. The number of nitriles is 1. The Morgan fingerprint density at radius 1 is 1.15 bits per heavy atom. The molecule has 1 saturated carbocycles. The van der Waals surface area contributed by atoms with Crippen LogP contribution in [0.25, 0.3) is 0 Å². The third-order valence-electron chi connectivity index (χ3n) is 5.22. The van der Waals surface area contributed by atoms with Crippen LogP contribution in [0.5, 0.6) is 0 Å². The standard InChI is InChI=1S/C19H29N/c1-2-3-4-5-6-16-7-11-18(12-8-16)19-13-9-17(15-20)10-14-19/h9-10,13,16,18-19H,2-8,11-12,14H2,1H3. The number of hydrogen-bond acceptors (Lipinski definition) is 1. The molecule has 0 heterocycles. The minimum atomic E-state index is 0.702. The first kappa shape index (κ1) is 15.4. The van der Waals surface area contributed by atoms with Gasteiger partial charge in [-0.2, -0.15) is 5.26 Å². The third-order valence-corrected chi connectivity index (χ3v) is 5.22. The second-order valence-electron chi connectivity index (χ2n) is 6.66. The van der Waals surface area contributed by atoms with Gasteiger partial charge in [0.2, 0.25) is 0 Å². The highest BCUT2D eigenvalue weighted by atomic mass is 14.3. The van der Waals surface area contributed by atoms with E-state index in [1.165, 1.54) is 57.8 Å². The van der Waals surface area contributed by atoms with Gasteiger partial charge in [-0.05, 0) is 43.1 Å². The molecule has 0 aromatic rings. The first-order valence-corrected chi connectivity index (χ1v) is 8.62. The molecule has 0 amide bonds. The molecule has 20 heavy (non-hydrogen) atoms. The van der Waals surface area contributed by atoms with Crippen LogP contribution in [0.15, 0.2) is 23.8 Å². The maximum absolute atomic E-state index is 8.87. The first-order chi connectivity index (χ1) is 9.83. The average Bonchev–Trinajstić information content (AvgIpc) is 2.52. The van der Waals surface area contributed by atoms with Crippen LogP contribution in [0.4, 0.5) is 0 Å². The maximum atomic E-state index is 8.87. The van der Waals surface area contributed by atoms with Gasteiger partial charge in [-0.25, -0.2) is 0 Å². The van der Waals surface area contributed by atoms with E-state index in [2.05, 4.69) is 25.1 Å². The predicted molar refractivity (Wildman–Crippen MR) is 85.2 cm³/mol. The topological polar surface area (TPSA) is 23.8 Å². The molecule has 0 bridgehead atoms. The van der Waals surface area contributed by atoms with E-state index in [-0.39, 0.29) is 0 Å². The Balaban J connectivity index is 1.66. The minimum Gasteiger partial charge on any atom is -0.192 e. The second kappa shape index (κ2) is 8.30. The number of rotatable bonds is 6. The molecule has 2 aliphatic rings. The molecule has 0 saturated heterocycles. The first-order valence-electron chi connectivity index (χ1n) is 8.62. The summed E-state index contributed by atoms with van der Waals surface area (Å²) >= 11 is 0. The largest absolute Gasteiger partial charge is 0.192 e. The monoisotopic (exact) mass is 271 g/mol. The van der Waals surface area contributed by atoms with Gasteiger partial charge in [-0.1, -0.05) is 64.0 Å². The van der Waals surface area contributed by atoms with Crippen molar-refractivity contribution in [2.75, 3.05) is 0 Å². The van der Waals surface area contributed by atoms with Gasteiger partial charge in [0.05, 0.1) is 6.07 Å². The van der Waals surface area contributed by atoms with E-state index in [4.69, 9.17) is 5.26 Å². The van der Waals surface area contributed by atoms with Crippen molar-refractivity contribution in [1.29, 1.82) is 5.26 Å². The van der Waals surface area contributed by atoms with Crippen molar-refractivity contribution in [3.63, 3.8) is 0 Å². The van der Waals surface area contributed by atoms with E-state index in [1.54, 1.807) is 0 Å². The highest BCUT2D eigenvalue weighted by Crippen LogP contribution is 2.38. The SMILES string of the molecule is CCCCCCC1CCC(C2C=CC(C#N)=CC2)CC1. The fourth-order valence-electron chi connectivity index (χ4n) is 3.83. The molecule has 1 fully saturated rings. The lowest BCUT2D eigenvalue weighted by Crippen LogP contribution is -2.21. The zero-order valence-corrected chi connectivity index (χ0v) is 13.0. The van der Waals surface area contributed by atoms with Gasteiger partial charge in [-0.15, -0.1) is 0 Å². The van der Waals surface area contributed by atoms with Crippen molar-refractivity contribution in [2.24, 2.45) is 17.8 Å². The molecule has 2 aliphatic carbocycles. The summed E-state index contributed by atoms with van der Waals surface area (Å²) in [5.41, 5.74) is 0.853. The summed E-state index contributed by atoms with van der Waals surface area (Å²) in [6, 6.07) is 2.24. The highest BCUT2D eigenvalue weighted by molar-refractivity contribution is 5.35. The second-order valence-corrected chi connectivity index (χ2v) is 6.66. The fourth-order valence-corrected chi connectivity index (χ4v) is 3.83. The molecule has 1 atom stereocenters. The van der Waals surface area contributed by atoms with Crippen LogP contribution >= 0.6 is 0 Å². The smallest absolute Gasteiger partial charge is 0.0988 e. The predicted octanol–water partition coefficient (Wildman–Crippen LogP) is 5.79. The van der Waals surface area contributed by atoms with Gasteiger partial charge in [0.15, 0.2) is 0 Å². The van der Waals surface area contributed by atoms with E-state index < -0.39 is 0 Å². The summed E-state index contributed by atoms with van der Waals surface area (Å²) in [6.45, 7) is 2.29. The van der Waals surface area contributed by atoms with Crippen molar-refractivity contribution in [3.05, 3.63) is 23.8 Å². The van der Waals surface area contributed by atoms with E-state index in [1.807, 2.05) is 6.08 Å².